The fourth-order valence-electron chi connectivity index (χ4n) is 4.29. The molecular formula is C20H20N6O3. The van der Waals surface area contributed by atoms with Gasteiger partial charge in [0, 0.05) is 11.8 Å². The van der Waals surface area contributed by atoms with Crippen molar-refractivity contribution >= 4 is 40.5 Å². The van der Waals surface area contributed by atoms with E-state index in [1.165, 1.54) is 6.26 Å². The van der Waals surface area contributed by atoms with E-state index < -0.39 is 11.5 Å². The van der Waals surface area contributed by atoms with E-state index >= 15 is 0 Å². The van der Waals surface area contributed by atoms with Crippen LogP contribution in [0.15, 0.2) is 55.5 Å². The Bertz CT molecular complexity index is 1080. The van der Waals surface area contributed by atoms with Crippen molar-refractivity contribution in [2.24, 2.45) is 15.9 Å². The molecule has 2 N–H and O–H groups in total. The molecule has 1 spiro atoms. The summed E-state index contributed by atoms with van der Waals surface area (Å²) in [5.41, 5.74) is 1.61. The zero-order valence-electron chi connectivity index (χ0n) is 15.9. The summed E-state index contributed by atoms with van der Waals surface area (Å²) in [5, 5.41) is 9.66. The average Bonchev–Trinajstić information content (AvgIpc) is 3.42. The van der Waals surface area contributed by atoms with Gasteiger partial charge in [-0.25, -0.2) is 9.98 Å². The van der Waals surface area contributed by atoms with E-state index in [4.69, 9.17) is 13.9 Å². The Labute approximate surface area is 166 Å². The van der Waals surface area contributed by atoms with Crippen molar-refractivity contribution in [1.29, 1.82) is 0 Å². The molecule has 9 heteroatoms. The van der Waals surface area contributed by atoms with Gasteiger partial charge >= 0.3 is 6.01 Å². The van der Waals surface area contributed by atoms with Crippen LogP contribution in [-0.4, -0.2) is 33.3 Å². The van der Waals surface area contributed by atoms with E-state index in [-0.39, 0.29) is 5.91 Å². The van der Waals surface area contributed by atoms with Crippen molar-refractivity contribution in [1.82, 2.24) is 10.1 Å². The number of anilines is 2. The first-order chi connectivity index (χ1) is 14.1. The third-order valence-corrected chi connectivity index (χ3v) is 5.50. The number of guanidine groups is 1. The number of hydrogen-bond donors (Lipinski definition) is 2. The lowest BCUT2D eigenvalue weighted by Crippen LogP contribution is -2.49. The predicted molar refractivity (Wildman–Crippen MR) is 108 cm³/mol. The number of oxazole rings is 1. The van der Waals surface area contributed by atoms with Crippen LogP contribution in [0, 0.1) is 5.92 Å². The van der Waals surface area contributed by atoms with Gasteiger partial charge in [0.1, 0.15) is 17.7 Å². The van der Waals surface area contributed by atoms with Crippen LogP contribution in [0.1, 0.15) is 32.6 Å². The summed E-state index contributed by atoms with van der Waals surface area (Å²) < 4.78 is 10.5. The Balaban J connectivity index is 1.44. The fraction of sp³-hybridized carbons (Fsp3) is 0.350. The number of rotatable bonds is 3. The minimum absolute atomic E-state index is 0.174. The summed E-state index contributed by atoms with van der Waals surface area (Å²) in [6.45, 7) is 1.86. The maximum absolute atomic E-state index is 13.0. The second-order valence-corrected chi connectivity index (χ2v) is 7.42. The SMILES string of the molecule is CC1=NC(Nc2nc3ccccc3o2)=NC2(CCCC2)C1C(=O)Nc1ccon1. The summed E-state index contributed by atoms with van der Waals surface area (Å²) in [6, 6.07) is 9.47. The Morgan fingerprint density at radius 1 is 1.21 bits per heavy atom. The summed E-state index contributed by atoms with van der Waals surface area (Å²) in [6.07, 6.45) is 5.08. The lowest BCUT2D eigenvalue weighted by atomic mass is 9.78. The van der Waals surface area contributed by atoms with Gasteiger partial charge in [0.05, 0.1) is 5.54 Å². The zero-order valence-corrected chi connectivity index (χ0v) is 15.9. The second kappa shape index (κ2) is 6.84. The molecule has 1 aromatic carbocycles. The molecule has 148 valence electrons. The minimum Gasteiger partial charge on any atom is -0.423 e. The molecule has 1 aliphatic carbocycles. The van der Waals surface area contributed by atoms with Crippen molar-refractivity contribution in [3.63, 3.8) is 0 Å². The standard InChI is InChI=1S/C20H20N6O3/c1-12-16(17(27)23-15-8-11-28-26-15)20(9-4-5-10-20)25-18(21-12)24-19-22-13-6-2-3-7-14(13)29-19/h2-3,6-8,11,16H,4-5,9-10H2,1H3,(H,22,24,25)(H,23,26,27). The summed E-state index contributed by atoms with van der Waals surface area (Å²) in [4.78, 5) is 26.9. The van der Waals surface area contributed by atoms with Crippen LogP contribution in [0.3, 0.4) is 0 Å². The van der Waals surface area contributed by atoms with E-state index in [1.807, 2.05) is 31.2 Å². The number of hydrogen-bond acceptors (Lipinski definition) is 8. The number of carbonyl (C=O) groups is 1. The van der Waals surface area contributed by atoms with Crippen molar-refractivity contribution in [2.75, 3.05) is 10.6 Å². The summed E-state index contributed by atoms with van der Waals surface area (Å²) >= 11 is 0. The molecule has 3 aromatic rings. The van der Waals surface area contributed by atoms with E-state index in [0.29, 0.717) is 29.1 Å². The highest BCUT2D eigenvalue weighted by atomic mass is 16.5. The maximum atomic E-state index is 13.0. The van der Waals surface area contributed by atoms with E-state index in [2.05, 4.69) is 25.8 Å². The van der Waals surface area contributed by atoms with Crippen LogP contribution in [0.4, 0.5) is 11.8 Å². The van der Waals surface area contributed by atoms with Gasteiger partial charge < -0.3 is 14.3 Å². The number of nitrogens with one attached hydrogen (secondary N) is 2. The molecule has 5 rings (SSSR count). The third-order valence-electron chi connectivity index (χ3n) is 5.50. The molecule has 1 saturated carbocycles. The summed E-state index contributed by atoms with van der Waals surface area (Å²) in [7, 11) is 0. The molecule has 0 bridgehead atoms. The smallest absolute Gasteiger partial charge is 0.302 e. The number of benzene rings is 1. The molecule has 1 amide bonds. The van der Waals surface area contributed by atoms with E-state index in [0.717, 1.165) is 31.2 Å². The molecule has 9 nitrogen and oxygen atoms in total. The van der Waals surface area contributed by atoms with Crippen molar-refractivity contribution in [3.05, 3.63) is 36.6 Å². The maximum Gasteiger partial charge on any atom is 0.302 e. The molecule has 1 aliphatic heterocycles. The van der Waals surface area contributed by atoms with Crippen LogP contribution in [0.25, 0.3) is 11.1 Å². The molecule has 1 atom stereocenters. The number of amides is 1. The number of para-hydroxylation sites is 2. The van der Waals surface area contributed by atoms with Gasteiger partial charge in [0.2, 0.25) is 11.9 Å². The summed E-state index contributed by atoms with van der Waals surface area (Å²) in [5.74, 6) is 0.166. The lowest BCUT2D eigenvalue weighted by molar-refractivity contribution is -0.119. The monoisotopic (exact) mass is 392 g/mol. The van der Waals surface area contributed by atoms with Crippen LogP contribution in [0.2, 0.25) is 0 Å². The van der Waals surface area contributed by atoms with Crippen molar-refractivity contribution in [3.8, 4) is 0 Å². The van der Waals surface area contributed by atoms with Crippen molar-refractivity contribution in [2.45, 2.75) is 38.1 Å². The third kappa shape index (κ3) is 3.18. The number of aliphatic imine (C=N–C) groups is 2. The molecular weight excluding hydrogens is 372 g/mol. The average molecular weight is 392 g/mol. The largest absolute Gasteiger partial charge is 0.423 e. The number of carbonyl (C=O) groups excluding carboxylic acids is 1. The van der Waals surface area contributed by atoms with Crippen LogP contribution < -0.4 is 10.6 Å². The van der Waals surface area contributed by atoms with Gasteiger partial charge in [0.25, 0.3) is 0 Å². The Morgan fingerprint density at radius 3 is 2.79 bits per heavy atom. The predicted octanol–water partition coefficient (Wildman–Crippen LogP) is 3.63. The number of nitrogens with zero attached hydrogens (tertiary/aromatic N) is 4. The normalized spacial score (nSPS) is 20.5. The first-order valence-electron chi connectivity index (χ1n) is 9.62. The van der Waals surface area contributed by atoms with E-state index in [9.17, 15) is 4.79 Å². The van der Waals surface area contributed by atoms with Gasteiger partial charge in [-0.3, -0.25) is 10.1 Å². The topological polar surface area (TPSA) is 118 Å². The fourth-order valence-corrected chi connectivity index (χ4v) is 4.29. The van der Waals surface area contributed by atoms with Crippen LogP contribution >= 0.6 is 0 Å². The van der Waals surface area contributed by atoms with Gasteiger partial charge in [-0.2, -0.15) is 4.98 Å². The van der Waals surface area contributed by atoms with E-state index in [1.54, 1.807) is 6.07 Å². The molecule has 2 aliphatic rings. The van der Waals surface area contributed by atoms with Gasteiger partial charge in [0.15, 0.2) is 11.4 Å². The van der Waals surface area contributed by atoms with Crippen molar-refractivity contribution < 1.29 is 13.7 Å². The second-order valence-electron chi connectivity index (χ2n) is 7.42. The van der Waals surface area contributed by atoms with Gasteiger partial charge in [-0.1, -0.05) is 30.1 Å². The highest BCUT2D eigenvalue weighted by Gasteiger charge is 2.49. The lowest BCUT2D eigenvalue weighted by Gasteiger charge is -2.36. The molecule has 1 fully saturated rings. The first kappa shape index (κ1) is 17.6. The highest BCUT2D eigenvalue weighted by molar-refractivity contribution is 6.15. The van der Waals surface area contributed by atoms with Gasteiger partial charge in [-0.15, -0.1) is 0 Å². The number of fused-ring (bicyclic) bond motifs is 1. The Kier molecular flexibility index (Phi) is 4.15. The zero-order chi connectivity index (χ0) is 19.8. The Hall–Kier alpha value is -3.49. The number of aromatic nitrogens is 2. The van der Waals surface area contributed by atoms with Crippen LogP contribution in [-0.2, 0) is 4.79 Å². The molecule has 29 heavy (non-hydrogen) atoms. The molecule has 0 saturated heterocycles. The molecule has 2 aromatic heterocycles. The van der Waals surface area contributed by atoms with Gasteiger partial charge in [-0.05, 0) is 31.9 Å². The molecule has 0 radical (unpaired) electrons. The quantitative estimate of drug-likeness (QED) is 0.703. The highest BCUT2D eigenvalue weighted by Crippen LogP contribution is 2.43. The first-order valence-corrected chi connectivity index (χ1v) is 9.62. The minimum atomic E-state index is -0.534. The Morgan fingerprint density at radius 2 is 2.03 bits per heavy atom. The molecule has 1 unspecified atom stereocenters. The van der Waals surface area contributed by atoms with Crippen LogP contribution in [0.5, 0.6) is 0 Å². The molecule has 3 heterocycles.